The lowest BCUT2D eigenvalue weighted by Gasteiger charge is -2.25. The van der Waals surface area contributed by atoms with Crippen LogP contribution in [0.15, 0.2) is 228 Å². The van der Waals surface area contributed by atoms with Gasteiger partial charge in [0.05, 0.1) is 32.8 Å². The molecule has 0 saturated heterocycles. The second-order valence-corrected chi connectivity index (χ2v) is 40.8. The zero-order valence-electron chi connectivity index (χ0n) is 82.1. The number of unbranched alkanes of at least 4 members (excludes halogenated alkanes) is 36. The first-order valence-corrected chi connectivity index (χ1v) is 53.9. The molecule has 10 nitrogen and oxygen atoms in total. The first-order valence-electron chi connectivity index (χ1n) is 53.9. The molecular formula is C128H136N4O6. The van der Waals surface area contributed by atoms with E-state index >= 15 is 9.59 Å². The number of fused-ring (bicyclic) bond motifs is 12. The highest BCUT2D eigenvalue weighted by molar-refractivity contribution is 6.45. The molecule has 0 aliphatic rings. The average Bonchev–Trinajstić information content (AvgIpc) is 1.18. The van der Waals surface area contributed by atoms with Crippen LogP contribution in [-0.2, 0) is 25.7 Å². The molecule has 0 fully saturated rings. The van der Waals surface area contributed by atoms with Gasteiger partial charge >= 0.3 is 0 Å². The molecule has 21 aromatic rings. The van der Waals surface area contributed by atoms with Crippen LogP contribution in [0.2, 0.25) is 0 Å². The van der Waals surface area contributed by atoms with Crippen LogP contribution in [0.1, 0.15) is 307 Å². The number of hydrogen-bond acceptors (Lipinski definition) is 8. The number of aryl methyl sites for hydroxylation is 4. The highest BCUT2D eigenvalue weighted by Gasteiger charge is 2.34. The van der Waals surface area contributed by atoms with E-state index in [2.05, 4.69) is 234 Å². The molecule has 4 heterocycles. The highest BCUT2D eigenvalue weighted by Crippen LogP contribution is 2.59. The second kappa shape index (κ2) is 42.5. The van der Waals surface area contributed by atoms with Crippen molar-refractivity contribution in [2.75, 3.05) is 0 Å². The normalized spacial score (nSPS) is 12.4. The minimum atomic E-state index is -0.233. The van der Waals surface area contributed by atoms with Crippen LogP contribution in [0.5, 0.6) is 46.0 Å². The SMILES string of the molecule is CCCCCCCCCCCCc1ccc(Oc2cc3c(=O)n4c5cc6ccc7cccc8ccc(c5nc4c4cc(Oc5ccc(CCCCCCCCCCCC)cc5)c5c9c(Oc%10ccc(CCCCCCCCCCCC)cc%10)cc%10c(=O)n%11c%12cc%13ccc%14cccc%15ccc(c%12nc%11c%11cc(Oc%12ccc(CCCCCCCCCCCC)cc%12)c(c2c5c34)c9c%10%11)c%13c%14%15)c6c78)cc1. The van der Waals surface area contributed by atoms with Crippen LogP contribution in [0.4, 0.5) is 0 Å². The van der Waals surface area contributed by atoms with Gasteiger partial charge in [0.15, 0.2) is 0 Å². The summed E-state index contributed by atoms with van der Waals surface area (Å²) in [6.07, 6.45) is 54.8. The maximum Gasteiger partial charge on any atom is 0.264 e. The summed E-state index contributed by atoms with van der Waals surface area (Å²) in [5.41, 5.74) is 8.44. The Morgan fingerprint density at radius 1 is 0.210 bits per heavy atom. The molecule has 10 heteroatoms. The number of hydrogen-bond donors (Lipinski definition) is 0. The lowest BCUT2D eigenvalue weighted by molar-refractivity contribution is 0.483. The van der Waals surface area contributed by atoms with Gasteiger partial charge in [-0.1, -0.05) is 392 Å². The Balaban J connectivity index is 0.803. The maximum atomic E-state index is 17.2. The summed E-state index contributed by atoms with van der Waals surface area (Å²) in [5, 5.41) is 21.0. The molecule has 4 aromatic heterocycles. The standard InChI is InChI=1S/C128H136N4O6/c1-5-9-13-17-21-25-29-33-37-41-47-85-55-69-95(70-56-85)135-107-81-101-115-103(127(133)131-105-79-93-65-63-89-51-45-53-91-67-77-99(113(93)111(89)91)123(105)129-125(101)131)84-110(138-98-75-61-88(62-76-98)50-44-40-36-32-28-24-20-16-12-8-4)120-118-108(136-96-71-57-86(58-72-96)48-42-38-34-30-26-22-18-14-10-6-2)82-102-116-104(128(134)132-106-80-94-66-64-90-52-46-54-92-68-78-100(114(94)112(90)92)124(106)130-126(102)132)83-109(119(122(116)118)117(107)121(115)120)137-97-73-59-87(60-74-97)49-43-39-35-31-27-23-19-15-11-7-3/h45-46,51-84H,5-44,47-50H2,1-4H3. The van der Waals surface area contributed by atoms with Gasteiger partial charge in [-0.25, -0.2) is 9.97 Å². The van der Waals surface area contributed by atoms with Crippen molar-refractivity contribution in [1.29, 1.82) is 0 Å². The molecule has 0 unspecified atom stereocenters. The highest BCUT2D eigenvalue weighted by atomic mass is 16.5. The van der Waals surface area contributed by atoms with Crippen LogP contribution in [0.3, 0.4) is 0 Å². The second-order valence-electron chi connectivity index (χ2n) is 40.8. The molecule has 0 bridgehead atoms. The predicted octanol–water partition coefficient (Wildman–Crippen LogP) is 38.1. The Morgan fingerprint density at radius 2 is 0.449 bits per heavy atom. The Labute approximate surface area is 812 Å². The third-order valence-electron chi connectivity index (χ3n) is 30.9. The van der Waals surface area contributed by atoms with Crippen LogP contribution < -0.4 is 30.1 Å². The van der Waals surface area contributed by atoms with Gasteiger partial charge in [0.1, 0.15) is 57.3 Å². The lowest BCUT2D eigenvalue weighted by atomic mass is 9.84. The van der Waals surface area contributed by atoms with Crippen molar-refractivity contribution in [2.24, 2.45) is 0 Å². The van der Waals surface area contributed by atoms with E-state index in [0.29, 0.717) is 122 Å². The lowest BCUT2D eigenvalue weighted by Crippen LogP contribution is -2.15. The van der Waals surface area contributed by atoms with Crippen molar-refractivity contribution < 1.29 is 18.9 Å². The van der Waals surface area contributed by atoms with E-state index in [1.165, 1.54) is 264 Å². The van der Waals surface area contributed by atoms with Gasteiger partial charge in [-0.3, -0.25) is 18.4 Å². The minimum absolute atomic E-state index is 0.233. The van der Waals surface area contributed by atoms with Crippen LogP contribution >= 0.6 is 0 Å². The number of ether oxygens (including phenoxy) is 4. The van der Waals surface area contributed by atoms with Gasteiger partial charge in [-0.15, -0.1) is 0 Å². The Kier molecular flexibility index (Phi) is 28.3. The van der Waals surface area contributed by atoms with E-state index in [0.717, 1.165) is 127 Å². The molecule has 17 aromatic carbocycles. The van der Waals surface area contributed by atoms with E-state index < -0.39 is 0 Å². The average molecular weight is 1830 g/mol. The Morgan fingerprint density at radius 3 is 0.717 bits per heavy atom. The molecule has 21 rings (SSSR count). The molecular weight excluding hydrogens is 1690 g/mol. The van der Waals surface area contributed by atoms with Crippen LogP contribution in [0.25, 0.3) is 163 Å². The third-order valence-corrected chi connectivity index (χ3v) is 30.9. The molecule has 0 aliphatic heterocycles. The van der Waals surface area contributed by atoms with E-state index in [1.54, 1.807) is 0 Å². The zero-order chi connectivity index (χ0) is 93.4. The molecule has 0 atom stereocenters. The topological polar surface area (TPSA) is 106 Å². The van der Waals surface area contributed by atoms with Crippen molar-refractivity contribution in [3.05, 3.63) is 261 Å². The molecule has 0 saturated carbocycles. The first kappa shape index (κ1) is 92.0. The zero-order valence-corrected chi connectivity index (χ0v) is 82.1. The van der Waals surface area contributed by atoms with Crippen molar-refractivity contribution >= 4 is 163 Å². The van der Waals surface area contributed by atoms with Gasteiger partial charge in [0.25, 0.3) is 11.1 Å². The fourth-order valence-corrected chi connectivity index (χ4v) is 23.5. The molecule has 704 valence electrons. The van der Waals surface area contributed by atoms with E-state index in [1.807, 2.05) is 20.9 Å². The number of pyridine rings is 2. The monoisotopic (exact) mass is 1830 g/mol. The molecule has 0 aliphatic carbocycles. The summed E-state index contributed by atoms with van der Waals surface area (Å²) in [5.74, 6) is 4.41. The quantitative estimate of drug-likeness (QED) is 0.0211. The van der Waals surface area contributed by atoms with Gasteiger partial charge in [-0.2, -0.15) is 0 Å². The van der Waals surface area contributed by atoms with Crippen molar-refractivity contribution in [3.8, 4) is 46.0 Å². The minimum Gasteiger partial charge on any atom is -0.457 e. The Bertz CT molecular complexity index is 7410. The molecule has 0 spiro atoms. The summed E-state index contributed by atoms with van der Waals surface area (Å²) in [4.78, 5) is 46.2. The number of imidazole rings is 2. The van der Waals surface area contributed by atoms with Gasteiger partial charge in [0.2, 0.25) is 0 Å². The molecule has 0 amide bonds. The summed E-state index contributed by atoms with van der Waals surface area (Å²) < 4.78 is 35.2. The number of nitrogens with zero attached hydrogens (tertiary/aromatic N) is 4. The summed E-state index contributed by atoms with van der Waals surface area (Å²) in [6.45, 7) is 9.17. The van der Waals surface area contributed by atoms with Gasteiger partial charge in [0, 0.05) is 64.6 Å². The van der Waals surface area contributed by atoms with Crippen LogP contribution in [0, 0.1) is 0 Å². The van der Waals surface area contributed by atoms with Crippen LogP contribution in [-0.4, -0.2) is 18.8 Å². The van der Waals surface area contributed by atoms with Crippen molar-refractivity contribution in [3.63, 3.8) is 0 Å². The summed E-state index contributed by atoms with van der Waals surface area (Å²) in [6, 6.07) is 78.1. The van der Waals surface area contributed by atoms with Gasteiger partial charge in [-0.05, 0) is 212 Å². The van der Waals surface area contributed by atoms with E-state index in [9.17, 15) is 0 Å². The number of benzene rings is 17. The van der Waals surface area contributed by atoms with E-state index in [4.69, 9.17) is 28.9 Å². The molecule has 138 heavy (non-hydrogen) atoms. The fraction of sp³-hybridized carbons (Fsp3) is 0.375. The molecule has 0 N–H and O–H groups in total. The Hall–Kier alpha value is -12.4. The first-order chi connectivity index (χ1) is 68.2. The maximum absolute atomic E-state index is 17.2. The summed E-state index contributed by atoms with van der Waals surface area (Å²) in [7, 11) is 0. The van der Waals surface area contributed by atoms with Crippen molar-refractivity contribution in [1.82, 2.24) is 18.8 Å². The largest absolute Gasteiger partial charge is 0.457 e. The smallest absolute Gasteiger partial charge is 0.264 e. The third kappa shape index (κ3) is 18.7. The summed E-state index contributed by atoms with van der Waals surface area (Å²) >= 11 is 0. The van der Waals surface area contributed by atoms with E-state index in [-0.39, 0.29) is 11.1 Å². The molecule has 0 radical (unpaired) electrons. The number of rotatable bonds is 52. The fourth-order valence-electron chi connectivity index (χ4n) is 23.5. The van der Waals surface area contributed by atoms with Crippen molar-refractivity contribution in [2.45, 2.75) is 310 Å². The van der Waals surface area contributed by atoms with Gasteiger partial charge < -0.3 is 18.9 Å². The number of aromatic nitrogens is 4. The predicted molar refractivity (Wildman–Crippen MR) is 586 cm³/mol.